The van der Waals surface area contributed by atoms with E-state index in [1.54, 1.807) is 0 Å². The van der Waals surface area contributed by atoms with E-state index in [2.05, 4.69) is 80.4 Å². The number of nitriles is 1. The number of fused-ring (bicyclic) bond motifs is 15. The van der Waals surface area contributed by atoms with Crippen molar-refractivity contribution in [2.24, 2.45) is 0 Å². The summed E-state index contributed by atoms with van der Waals surface area (Å²) in [5.74, 6) is 0. The van der Waals surface area contributed by atoms with Crippen LogP contribution in [-0.4, -0.2) is 23.7 Å². The van der Waals surface area contributed by atoms with Gasteiger partial charge in [-0.25, -0.2) is 0 Å². The third-order valence-corrected chi connectivity index (χ3v) is 13.6. The van der Waals surface area contributed by atoms with Crippen molar-refractivity contribution in [1.29, 1.82) is 5.26 Å². The summed E-state index contributed by atoms with van der Waals surface area (Å²) in [7, 11) is 0. The first-order valence-electron chi connectivity index (χ1n) is 22.5. The molecule has 316 valence electrons. The number of pyridine rings is 2. The Hall–Kier alpha value is -9.65. The molecule has 0 saturated carbocycles. The summed E-state index contributed by atoms with van der Waals surface area (Å²) >= 11 is 0. The van der Waals surface area contributed by atoms with E-state index in [0.29, 0.717) is 28.3 Å². The van der Waals surface area contributed by atoms with Crippen molar-refractivity contribution in [3.63, 3.8) is 0 Å². The molecule has 0 unspecified atom stereocenters. The molecule has 8 aromatic heterocycles. The number of nitrogens with zero attached hydrogens (tertiary/aromatic N) is 6. The lowest BCUT2D eigenvalue weighted by Crippen LogP contribution is -2.14. The summed E-state index contributed by atoms with van der Waals surface area (Å²) in [5.41, 5.74) is 14.8. The zero-order valence-corrected chi connectivity index (χ0v) is 35.9. The standard InChI is InChI=1S/C59H32N6O3/c60-33-40-51(63-43-25-7-1-17-34(43)57-53(63)37-20-4-10-28-46(37)66-57)49(41-23-13-15-31-61-41)56(65-45-27-9-3-19-36(45)59-55(65)39-22-6-12-30-48(39)68-59)50(42-24-14-16-32-62-42)52(40)64-44-26-8-2-18-35(44)58-54(64)38-21-5-11-29-47(38)67-58/h1-32H. The van der Waals surface area contributed by atoms with Gasteiger partial charge < -0.3 is 27.0 Å². The third kappa shape index (κ3) is 4.76. The first kappa shape index (κ1) is 36.7. The van der Waals surface area contributed by atoms with E-state index in [1.165, 1.54) is 0 Å². The lowest BCUT2D eigenvalue weighted by molar-refractivity contribution is 0.672. The third-order valence-electron chi connectivity index (χ3n) is 13.6. The van der Waals surface area contributed by atoms with Gasteiger partial charge in [0.25, 0.3) is 0 Å². The molecule has 0 radical (unpaired) electrons. The van der Waals surface area contributed by atoms with Crippen molar-refractivity contribution in [2.45, 2.75) is 0 Å². The normalized spacial score (nSPS) is 12.1. The fraction of sp³-hybridized carbons (Fsp3) is 0. The Kier molecular flexibility index (Phi) is 7.38. The Morgan fingerprint density at radius 3 is 1.03 bits per heavy atom. The Labute approximate surface area is 385 Å². The van der Waals surface area contributed by atoms with Gasteiger partial charge in [0, 0.05) is 44.7 Å². The predicted octanol–water partition coefficient (Wildman–Crippen LogP) is 15.2. The summed E-state index contributed by atoms with van der Waals surface area (Å²) in [5, 5.41) is 18.0. The summed E-state index contributed by atoms with van der Waals surface area (Å²) < 4.78 is 27.3. The molecular weight excluding hydrogens is 841 g/mol. The SMILES string of the molecule is N#Cc1c(-n2c3ccccc3c3oc4ccccc4c32)c(-c2ccccn2)c(-n2c3ccccc3c3oc4ccccc4c32)c(-c2ccccn2)c1-n1c2ccccc2c2oc3ccccc3c21. The highest BCUT2D eigenvalue weighted by atomic mass is 16.3. The lowest BCUT2D eigenvalue weighted by atomic mass is 9.91. The number of hydrogen-bond acceptors (Lipinski definition) is 6. The fourth-order valence-electron chi connectivity index (χ4n) is 10.9. The van der Waals surface area contributed by atoms with E-state index in [9.17, 15) is 5.26 Å². The maximum absolute atomic E-state index is 12.4. The average molecular weight is 873 g/mol. The Bertz CT molecular complexity index is 4400. The molecule has 0 aliphatic heterocycles. The molecule has 7 aromatic carbocycles. The number of hydrogen-bond donors (Lipinski definition) is 0. The number of benzene rings is 7. The molecular formula is C59H32N6O3. The van der Waals surface area contributed by atoms with Crippen molar-refractivity contribution in [3.8, 4) is 45.6 Å². The van der Waals surface area contributed by atoms with E-state index < -0.39 is 0 Å². The van der Waals surface area contributed by atoms with Crippen LogP contribution in [0.15, 0.2) is 208 Å². The van der Waals surface area contributed by atoms with Gasteiger partial charge in [-0.15, -0.1) is 0 Å². The van der Waals surface area contributed by atoms with Gasteiger partial charge in [-0.1, -0.05) is 84.9 Å². The fourth-order valence-corrected chi connectivity index (χ4v) is 10.9. The molecule has 0 aliphatic carbocycles. The maximum atomic E-state index is 12.4. The minimum Gasteiger partial charge on any atom is -0.454 e. The van der Waals surface area contributed by atoms with Gasteiger partial charge in [0.05, 0.1) is 56.1 Å². The van der Waals surface area contributed by atoms with Gasteiger partial charge in [0.1, 0.15) is 44.9 Å². The number of rotatable bonds is 5. The summed E-state index contributed by atoms with van der Waals surface area (Å²) in [6.45, 7) is 0. The van der Waals surface area contributed by atoms with E-state index in [-0.39, 0.29) is 0 Å². The molecule has 0 atom stereocenters. The molecule has 15 rings (SSSR count). The highest BCUT2D eigenvalue weighted by Gasteiger charge is 2.36. The van der Waals surface area contributed by atoms with Crippen molar-refractivity contribution >= 4 is 98.9 Å². The molecule has 0 bridgehead atoms. The molecule has 0 N–H and O–H groups in total. The van der Waals surface area contributed by atoms with Crippen LogP contribution in [0.4, 0.5) is 0 Å². The van der Waals surface area contributed by atoms with Crippen LogP contribution in [-0.2, 0) is 0 Å². The van der Waals surface area contributed by atoms with Gasteiger partial charge in [0.2, 0.25) is 0 Å². The van der Waals surface area contributed by atoms with Gasteiger partial charge in [-0.05, 0) is 97.1 Å². The lowest BCUT2D eigenvalue weighted by Gasteiger charge is -2.27. The Balaban J connectivity index is 1.31. The van der Waals surface area contributed by atoms with Crippen LogP contribution >= 0.6 is 0 Å². The summed E-state index contributed by atoms with van der Waals surface area (Å²) in [4.78, 5) is 10.4. The quantitative estimate of drug-likeness (QED) is 0.171. The monoisotopic (exact) mass is 872 g/mol. The van der Waals surface area contributed by atoms with Crippen molar-refractivity contribution in [2.75, 3.05) is 0 Å². The second-order valence-corrected chi connectivity index (χ2v) is 17.1. The van der Waals surface area contributed by atoms with E-state index in [4.69, 9.17) is 23.2 Å². The van der Waals surface area contributed by atoms with E-state index >= 15 is 0 Å². The van der Waals surface area contributed by atoms with Crippen LogP contribution in [0.2, 0.25) is 0 Å². The Morgan fingerprint density at radius 1 is 0.353 bits per heavy atom. The molecule has 0 amide bonds. The topological polar surface area (TPSA) is 104 Å². The van der Waals surface area contributed by atoms with Gasteiger partial charge in [-0.2, -0.15) is 5.26 Å². The number of furan rings is 3. The van der Waals surface area contributed by atoms with Crippen LogP contribution < -0.4 is 0 Å². The smallest absolute Gasteiger partial charge is 0.161 e. The largest absolute Gasteiger partial charge is 0.454 e. The van der Waals surface area contributed by atoms with Gasteiger partial charge in [0.15, 0.2) is 16.7 Å². The zero-order chi connectivity index (χ0) is 44.6. The molecule has 0 aliphatic rings. The Morgan fingerprint density at radius 2 is 0.676 bits per heavy atom. The van der Waals surface area contributed by atoms with Crippen molar-refractivity contribution in [3.05, 3.63) is 200 Å². The molecule has 0 fully saturated rings. The van der Waals surface area contributed by atoms with Crippen LogP contribution in [0.1, 0.15) is 5.56 Å². The summed E-state index contributed by atoms with van der Waals surface area (Å²) in [6.07, 6.45) is 3.63. The molecule has 9 heteroatoms. The first-order chi connectivity index (χ1) is 33.8. The molecule has 0 saturated heterocycles. The van der Waals surface area contributed by atoms with Gasteiger partial charge >= 0.3 is 0 Å². The maximum Gasteiger partial charge on any atom is 0.161 e. The van der Waals surface area contributed by atoms with Crippen molar-refractivity contribution < 1.29 is 13.3 Å². The van der Waals surface area contributed by atoms with Crippen LogP contribution in [0.3, 0.4) is 0 Å². The highest BCUT2D eigenvalue weighted by Crippen LogP contribution is 2.53. The minimum atomic E-state index is 0.403. The molecule has 68 heavy (non-hydrogen) atoms. The van der Waals surface area contributed by atoms with Crippen LogP contribution in [0, 0.1) is 11.3 Å². The van der Waals surface area contributed by atoms with E-state index in [1.807, 2.05) is 134 Å². The average Bonchev–Trinajstić information content (AvgIpc) is 4.25. The number of aromatic nitrogens is 5. The second kappa shape index (κ2) is 13.7. The van der Waals surface area contributed by atoms with Crippen LogP contribution in [0.5, 0.6) is 0 Å². The summed E-state index contributed by atoms with van der Waals surface area (Å²) in [6, 6.07) is 64.1. The molecule has 8 heterocycles. The number of para-hydroxylation sites is 6. The highest BCUT2D eigenvalue weighted by molar-refractivity contribution is 6.21. The second-order valence-electron chi connectivity index (χ2n) is 17.1. The molecule has 0 spiro atoms. The van der Waals surface area contributed by atoms with Gasteiger partial charge in [-0.3, -0.25) is 9.97 Å². The first-order valence-corrected chi connectivity index (χ1v) is 22.5. The van der Waals surface area contributed by atoms with Crippen molar-refractivity contribution in [1.82, 2.24) is 23.7 Å². The zero-order valence-electron chi connectivity index (χ0n) is 35.9. The van der Waals surface area contributed by atoms with Crippen LogP contribution in [0.25, 0.3) is 138 Å². The van der Waals surface area contributed by atoms with E-state index in [0.717, 1.165) is 116 Å². The minimum absolute atomic E-state index is 0.403. The predicted molar refractivity (Wildman–Crippen MR) is 270 cm³/mol. The molecule has 9 nitrogen and oxygen atoms in total. The molecule has 15 aromatic rings.